The van der Waals surface area contributed by atoms with Crippen LogP contribution in [0.25, 0.3) is 21.9 Å². The average Bonchev–Trinajstić information content (AvgIpc) is 2.77. The predicted octanol–water partition coefficient (Wildman–Crippen LogP) is 9.03. The first kappa shape index (κ1) is 25.7. The predicted molar refractivity (Wildman–Crippen MR) is 117 cm³/mol. The van der Waals surface area contributed by atoms with E-state index in [1.807, 2.05) is 0 Å². The summed E-state index contributed by atoms with van der Waals surface area (Å²) in [4.78, 5) is 0. The molecular weight excluding hydrogens is 495 g/mol. The Morgan fingerprint density at radius 3 is 2.06 bits per heavy atom. The fourth-order valence-corrected chi connectivity index (χ4v) is 4.64. The molecule has 0 atom stereocenters. The first-order chi connectivity index (χ1) is 16.9. The lowest BCUT2D eigenvalue weighted by molar-refractivity contribution is -0.0696. The fourth-order valence-electron chi connectivity index (χ4n) is 4.64. The second kappa shape index (κ2) is 9.92. The Bertz CT molecular complexity index is 1370. The van der Waals surface area contributed by atoms with Crippen LogP contribution in [-0.2, 0) is 0 Å². The van der Waals surface area contributed by atoms with Crippen LogP contribution in [0.5, 0.6) is 0 Å². The molecule has 3 aromatic rings. The van der Waals surface area contributed by atoms with Gasteiger partial charge in [-0.15, -0.1) is 0 Å². The van der Waals surface area contributed by atoms with Gasteiger partial charge in [-0.25, -0.2) is 17.6 Å². The highest BCUT2D eigenvalue weighted by Crippen LogP contribution is 2.39. The Kier molecular flexibility index (Phi) is 7.07. The maximum absolute atomic E-state index is 15.0. The van der Waals surface area contributed by atoms with Gasteiger partial charge in [-0.05, 0) is 84.4 Å². The smallest absolute Gasteiger partial charge is 0.206 e. The van der Waals surface area contributed by atoms with E-state index >= 15 is 8.78 Å². The van der Waals surface area contributed by atoms with Gasteiger partial charge in [0.15, 0.2) is 0 Å². The zero-order valence-electron chi connectivity index (χ0n) is 18.4. The number of allylic oxidation sites excluding steroid dienone is 1. The molecule has 0 aliphatic heterocycles. The van der Waals surface area contributed by atoms with Gasteiger partial charge >= 0.3 is 6.18 Å². The maximum Gasteiger partial charge on any atom is 0.458 e. The molecule has 9 heteroatoms. The van der Waals surface area contributed by atoms with E-state index in [0.29, 0.717) is 31.2 Å². The normalized spacial score (nSPS) is 18.0. The van der Waals surface area contributed by atoms with E-state index in [9.17, 15) is 30.7 Å². The molecule has 0 unspecified atom stereocenters. The molecule has 0 N–H and O–H groups in total. The quantitative estimate of drug-likeness (QED) is 0.243. The minimum Gasteiger partial charge on any atom is -0.206 e. The molecule has 188 valence electrons. The maximum atomic E-state index is 15.0. The van der Waals surface area contributed by atoms with Crippen LogP contribution in [-0.4, -0.2) is 6.18 Å². The number of fused-ring (bicyclic) bond motifs is 1. The van der Waals surface area contributed by atoms with Crippen molar-refractivity contribution in [2.75, 3.05) is 0 Å². The third kappa shape index (κ3) is 5.53. The number of hydrogen-bond donors (Lipinski definition) is 0. The van der Waals surface area contributed by atoms with E-state index < -0.39 is 46.7 Å². The summed E-state index contributed by atoms with van der Waals surface area (Å²) in [5.41, 5.74) is -1.13. The topological polar surface area (TPSA) is 0 Å². The number of hydrogen-bond acceptors (Lipinski definition) is 0. The van der Waals surface area contributed by atoms with Gasteiger partial charge in [0, 0.05) is 11.3 Å². The van der Waals surface area contributed by atoms with Gasteiger partial charge in [-0.3, -0.25) is 0 Å². The molecule has 1 aliphatic carbocycles. The molecule has 36 heavy (non-hydrogen) atoms. The molecule has 0 spiro atoms. The van der Waals surface area contributed by atoms with Crippen LogP contribution in [0.3, 0.4) is 0 Å². The van der Waals surface area contributed by atoms with Crippen LogP contribution >= 0.6 is 0 Å². The van der Waals surface area contributed by atoms with Crippen molar-refractivity contribution in [1.82, 2.24) is 0 Å². The largest absolute Gasteiger partial charge is 0.458 e. The lowest BCUT2D eigenvalue weighted by atomic mass is 9.78. The van der Waals surface area contributed by atoms with Crippen LogP contribution in [0.1, 0.15) is 42.7 Å². The molecular formula is C27H17F9. The Morgan fingerprint density at radius 2 is 1.47 bits per heavy atom. The van der Waals surface area contributed by atoms with Crippen molar-refractivity contribution >= 4 is 10.8 Å². The highest BCUT2D eigenvalue weighted by Gasteiger charge is 2.26. The van der Waals surface area contributed by atoms with Crippen LogP contribution in [0.4, 0.5) is 39.5 Å². The first-order valence-electron chi connectivity index (χ1n) is 11.0. The van der Waals surface area contributed by atoms with E-state index in [0.717, 1.165) is 42.3 Å². The lowest BCUT2D eigenvalue weighted by Crippen LogP contribution is -2.12. The molecule has 0 aromatic heterocycles. The number of rotatable bonds is 3. The summed E-state index contributed by atoms with van der Waals surface area (Å²) in [6, 6.07) is 6.47. The van der Waals surface area contributed by atoms with Gasteiger partial charge < -0.3 is 0 Å². The lowest BCUT2D eigenvalue weighted by Gasteiger charge is -2.27. The Morgan fingerprint density at radius 1 is 0.833 bits per heavy atom. The Labute approximate surface area is 200 Å². The van der Waals surface area contributed by atoms with Crippen molar-refractivity contribution < 1.29 is 39.5 Å². The highest BCUT2D eigenvalue weighted by atomic mass is 19.4. The number of halogens is 9. The summed E-state index contributed by atoms with van der Waals surface area (Å²) in [6.45, 7) is 0. The Hall–Kier alpha value is -3.41. The number of benzene rings is 3. The van der Waals surface area contributed by atoms with Gasteiger partial charge in [0.1, 0.15) is 23.3 Å². The summed E-state index contributed by atoms with van der Waals surface area (Å²) in [7, 11) is 0. The van der Waals surface area contributed by atoms with Crippen molar-refractivity contribution in [1.29, 1.82) is 0 Å². The van der Waals surface area contributed by atoms with Crippen LogP contribution in [0.2, 0.25) is 0 Å². The van der Waals surface area contributed by atoms with E-state index in [1.165, 1.54) is 12.0 Å². The van der Waals surface area contributed by atoms with Crippen molar-refractivity contribution in [3.05, 3.63) is 83.0 Å². The molecule has 0 saturated heterocycles. The van der Waals surface area contributed by atoms with Crippen LogP contribution in [0, 0.1) is 41.0 Å². The first-order valence-corrected chi connectivity index (χ1v) is 11.0. The number of alkyl halides is 3. The summed E-state index contributed by atoms with van der Waals surface area (Å²) in [6.07, 6.45) is -3.89. The second-order valence-electron chi connectivity index (χ2n) is 8.66. The van der Waals surface area contributed by atoms with Crippen molar-refractivity contribution in [3.63, 3.8) is 0 Å². The molecule has 3 aromatic carbocycles. The van der Waals surface area contributed by atoms with Crippen molar-refractivity contribution in [2.24, 2.45) is 5.92 Å². The third-order valence-electron chi connectivity index (χ3n) is 6.32. The standard InChI is InChI=1S/C27H17F9/c28-21-13-18-10-16(5-6-19(18)26(33)20(21)7-8-27(34,35)36)25-22(29)11-17(12-23(25)30)15-3-1-14(2-4-15)9-24(31)32/h5-6,9-15H,1-4H2. The summed E-state index contributed by atoms with van der Waals surface area (Å²) < 4.78 is 121. The van der Waals surface area contributed by atoms with Gasteiger partial charge in [-0.2, -0.15) is 22.0 Å². The zero-order chi connectivity index (χ0) is 26.2. The Balaban J connectivity index is 1.66. The molecule has 1 aliphatic rings. The molecule has 0 amide bonds. The zero-order valence-corrected chi connectivity index (χ0v) is 18.4. The molecule has 1 fully saturated rings. The molecule has 0 nitrogen and oxygen atoms in total. The third-order valence-corrected chi connectivity index (χ3v) is 6.32. The monoisotopic (exact) mass is 512 g/mol. The van der Waals surface area contributed by atoms with Crippen molar-refractivity contribution in [3.8, 4) is 23.0 Å². The molecule has 4 rings (SSSR count). The van der Waals surface area contributed by atoms with Gasteiger partial charge in [-0.1, -0.05) is 18.1 Å². The van der Waals surface area contributed by atoms with Crippen LogP contribution < -0.4 is 0 Å². The van der Waals surface area contributed by atoms with Crippen LogP contribution in [0.15, 0.2) is 48.6 Å². The van der Waals surface area contributed by atoms with Gasteiger partial charge in [0.2, 0.25) is 0 Å². The van der Waals surface area contributed by atoms with E-state index in [1.54, 1.807) is 0 Å². The average molecular weight is 512 g/mol. The molecule has 0 bridgehead atoms. The van der Waals surface area contributed by atoms with Gasteiger partial charge in [0.05, 0.1) is 11.1 Å². The van der Waals surface area contributed by atoms with Crippen molar-refractivity contribution in [2.45, 2.75) is 37.8 Å². The van der Waals surface area contributed by atoms with E-state index in [2.05, 4.69) is 0 Å². The van der Waals surface area contributed by atoms with Gasteiger partial charge in [0.25, 0.3) is 6.08 Å². The van der Waals surface area contributed by atoms with E-state index in [4.69, 9.17) is 0 Å². The highest BCUT2D eigenvalue weighted by molar-refractivity contribution is 5.89. The summed E-state index contributed by atoms with van der Waals surface area (Å²) in [5, 5.41) is -0.381. The molecule has 1 saturated carbocycles. The summed E-state index contributed by atoms with van der Waals surface area (Å²) >= 11 is 0. The second-order valence-corrected chi connectivity index (χ2v) is 8.66. The minimum absolute atomic E-state index is 0.0238. The molecule has 0 heterocycles. The molecule has 0 radical (unpaired) electrons. The fraction of sp³-hybridized carbons (Fsp3) is 0.259. The van der Waals surface area contributed by atoms with E-state index in [-0.39, 0.29) is 28.2 Å². The SMILES string of the molecule is FC(F)=CC1CCC(c2cc(F)c(-c3ccc4c(F)c(C#CC(F)(F)F)c(F)cc4c3)c(F)c2)CC1. The minimum atomic E-state index is -4.94. The summed E-state index contributed by atoms with van der Waals surface area (Å²) in [5.74, 6) is -2.70.